The molecule has 0 aliphatic carbocycles. The maximum absolute atomic E-state index is 11.8. The first-order valence-corrected chi connectivity index (χ1v) is 6.90. The molecule has 0 aliphatic rings. The molecule has 0 aromatic heterocycles. The summed E-state index contributed by atoms with van der Waals surface area (Å²) in [6, 6.07) is 5.69. The monoisotopic (exact) mass is 347 g/mol. The van der Waals surface area contributed by atoms with Crippen LogP contribution in [0.4, 0.5) is 0 Å². The van der Waals surface area contributed by atoms with Gasteiger partial charge >= 0.3 is 0 Å². The van der Waals surface area contributed by atoms with Crippen LogP contribution in [0.2, 0.25) is 0 Å². The van der Waals surface area contributed by atoms with E-state index in [-0.39, 0.29) is 5.91 Å². The minimum atomic E-state index is -0.0243. The van der Waals surface area contributed by atoms with Crippen LogP contribution in [0.1, 0.15) is 29.3 Å². The molecule has 0 spiro atoms. The maximum Gasteiger partial charge on any atom is 0.252 e. The average Bonchev–Trinajstić information content (AvgIpc) is 2.21. The van der Waals surface area contributed by atoms with Gasteiger partial charge in [-0.25, -0.2) is 0 Å². The molecular weight excluding hydrogens is 334 g/mol. The lowest BCUT2D eigenvalue weighted by Gasteiger charge is -2.09. The van der Waals surface area contributed by atoms with Crippen molar-refractivity contribution in [3.8, 4) is 0 Å². The van der Waals surface area contributed by atoms with Crippen molar-refractivity contribution in [1.29, 1.82) is 0 Å². The quantitative estimate of drug-likeness (QED) is 0.826. The molecule has 0 bridgehead atoms. The van der Waals surface area contributed by atoms with Crippen molar-refractivity contribution >= 4 is 37.8 Å². The number of hydrogen-bond donors (Lipinski definition) is 1. The van der Waals surface area contributed by atoms with Crippen LogP contribution >= 0.6 is 31.9 Å². The number of halogens is 2. The van der Waals surface area contributed by atoms with Crippen LogP contribution in [0.25, 0.3) is 0 Å². The fourth-order valence-corrected chi connectivity index (χ4v) is 1.98. The molecule has 1 atom stereocenters. The molecule has 0 radical (unpaired) electrons. The Balaban J connectivity index is 2.63. The number of rotatable bonds is 4. The Bertz CT molecular complexity index is 377. The Morgan fingerprint density at radius 1 is 1.50 bits per heavy atom. The number of benzene rings is 1. The van der Waals surface area contributed by atoms with E-state index in [1.165, 1.54) is 0 Å². The fraction of sp³-hybridized carbons (Fsp3) is 0.417. The zero-order valence-electron chi connectivity index (χ0n) is 9.39. The summed E-state index contributed by atoms with van der Waals surface area (Å²) in [6.07, 6.45) is 0.926. The molecular formula is C12H15Br2NO. The van der Waals surface area contributed by atoms with E-state index in [2.05, 4.69) is 44.1 Å². The molecule has 1 aromatic rings. The summed E-state index contributed by atoms with van der Waals surface area (Å²) in [5.41, 5.74) is 1.77. The molecule has 2 nitrogen and oxygen atoms in total. The molecule has 0 fully saturated rings. The minimum absolute atomic E-state index is 0.0243. The molecule has 0 saturated carbocycles. The molecule has 0 saturated heterocycles. The van der Waals surface area contributed by atoms with Gasteiger partial charge < -0.3 is 5.32 Å². The predicted octanol–water partition coefficient (Wildman–Crippen LogP) is 3.66. The van der Waals surface area contributed by atoms with E-state index < -0.39 is 0 Å². The van der Waals surface area contributed by atoms with Gasteiger partial charge in [0.1, 0.15) is 0 Å². The largest absolute Gasteiger partial charge is 0.352 e. The van der Waals surface area contributed by atoms with Crippen molar-refractivity contribution in [2.45, 2.75) is 25.1 Å². The molecule has 1 N–H and O–H groups in total. The molecule has 1 amide bonds. The number of nitrogens with one attached hydrogen (secondary N) is 1. The van der Waals surface area contributed by atoms with Crippen LogP contribution < -0.4 is 5.32 Å². The second kappa shape index (κ2) is 6.40. The SMILES string of the molecule is Cc1cccc(C(=O)NCCC(C)Br)c1Br. The number of aryl methyl sites for hydroxylation is 1. The third-order valence-corrected chi connectivity index (χ3v) is 3.77. The Morgan fingerprint density at radius 2 is 2.19 bits per heavy atom. The summed E-state index contributed by atoms with van der Waals surface area (Å²) in [7, 11) is 0. The molecule has 88 valence electrons. The summed E-state index contributed by atoms with van der Waals surface area (Å²) >= 11 is 6.88. The first kappa shape index (κ1) is 13.7. The lowest BCUT2D eigenvalue weighted by Crippen LogP contribution is -2.26. The maximum atomic E-state index is 11.8. The van der Waals surface area contributed by atoms with E-state index in [0.29, 0.717) is 16.9 Å². The first-order valence-electron chi connectivity index (χ1n) is 5.19. The van der Waals surface area contributed by atoms with Gasteiger partial charge in [0.05, 0.1) is 5.56 Å². The van der Waals surface area contributed by atoms with Crippen LogP contribution in [-0.2, 0) is 0 Å². The number of carbonyl (C=O) groups is 1. The van der Waals surface area contributed by atoms with E-state index in [4.69, 9.17) is 0 Å². The van der Waals surface area contributed by atoms with E-state index in [0.717, 1.165) is 16.5 Å². The zero-order valence-corrected chi connectivity index (χ0v) is 12.6. The van der Waals surface area contributed by atoms with Crippen LogP contribution in [-0.4, -0.2) is 17.3 Å². The highest BCUT2D eigenvalue weighted by atomic mass is 79.9. The summed E-state index contributed by atoms with van der Waals surface area (Å²) in [4.78, 5) is 12.3. The van der Waals surface area contributed by atoms with E-state index in [1.807, 2.05) is 25.1 Å². The van der Waals surface area contributed by atoms with Crippen LogP contribution in [0, 0.1) is 6.92 Å². The highest BCUT2D eigenvalue weighted by Crippen LogP contribution is 2.20. The molecule has 1 rings (SSSR count). The highest BCUT2D eigenvalue weighted by molar-refractivity contribution is 9.10. The number of amides is 1. The van der Waals surface area contributed by atoms with Crippen molar-refractivity contribution < 1.29 is 4.79 Å². The molecule has 16 heavy (non-hydrogen) atoms. The number of alkyl halides is 1. The first-order chi connectivity index (χ1) is 7.52. The van der Waals surface area contributed by atoms with Gasteiger partial charge in [-0.3, -0.25) is 4.79 Å². The molecule has 0 aliphatic heterocycles. The molecule has 1 unspecified atom stereocenters. The van der Waals surface area contributed by atoms with E-state index >= 15 is 0 Å². The lowest BCUT2D eigenvalue weighted by molar-refractivity contribution is 0.0952. The van der Waals surface area contributed by atoms with Gasteiger partial charge in [0.25, 0.3) is 5.91 Å². The summed E-state index contributed by atoms with van der Waals surface area (Å²) in [5.74, 6) is -0.0243. The van der Waals surface area contributed by atoms with Gasteiger partial charge in [-0.2, -0.15) is 0 Å². The third kappa shape index (κ3) is 3.91. The molecule has 0 heterocycles. The molecule has 4 heteroatoms. The van der Waals surface area contributed by atoms with Crippen molar-refractivity contribution in [3.63, 3.8) is 0 Å². The summed E-state index contributed by atoms with van der Waals surface area (Å²) in [6.45, 7) is 4.72. The summed E-state index contributed by atoms with van der Waals surface area (Å²) in [5, 5.41) is 2.90. The fourth-order valence-electron chi connectivity index (χ4n) is 1.30. The van der Waals surface area contributed by atoms with Gasteiger partial charge in [-0.05, 0) is 40.9 Å². The predicted molar refractivity (Wildman–Crippen MR) is 74.2 cm³/mol. The van der Waals surface area contributed by atoms with Crippen LogP contribution in [0.3, 0.4) is 0 Å². The van der Waals surface area contributed by atoms with Gasteiger partial charge in [0.2, 0.25) is 0 Å². The standard InChI is InChI=1S/C12H15Br2NO/c1-8-4-3-5-10(11(8)14)12(16)15-7-6-9(2)13/h3-5,9H,6-7H2,1-2H3,(H,15,16). The van der Waals surface area contributed by atoms with Gasteiger partial charge in [0.15, 0.2) is 0 Å². The van der Waals surface area contributed by atoms with Crippen molar-refractivity contribution in [3.05, 3.63) is 33.8 Å². The van der Waals surface area contributed by atoms with Crippen LogP contribution in [0.15, 0.2) is 22.7 Å². The topological polar surface area (TPSA) is 29.1 Å². The third-order valence-electron chi connectivity index (χ3n) is 2.26. The summed E-state index contributed by atoms with van der Waals surface area (Å²) < 4.78 is 0.874. The van der Waals surface area contributed by atoms with Crippen molar-refractivity contribution in [1.82, 2.24) is 5.32 Å². The van der Waals surface area contributed by atoms with Gasteiger partial charge in [-0.1, -0.05) is 35.0 Å². The average molecular weight is 349 g/mol. The van der Waals surface area contributed by atoms with Gasteiger partial charge in [-0.15, -0.1) is 0 Å². The van der Waals surface area contributed by atoms with Crippen molar-refractivity contribution in [2.24, 2.45) is 0 Å². The zero-order chi connectivity index (χ0) is 12.1. The second-order valence-electron chi connectivity index (χ2n) is 3.76. The second-order valence-corrected chi connectivity index (χ2v) is 6.12. The Morgan fingerprint density at radius 3 is 2.81 bits per heavy atom. The minimum Gasteiger partial charge on any atom is -0.352 e. The van der Waals surface area contributed by atoms with E-state index in [1.54, 1.807) is 0 Å². The smallest absolute Gasteiger partial charge is 0.252 e. The van der Waals surface area contributed by atoms with E-state index in [9.17, 15) is 4.79 Å². The number of hydrogen-bond acceptors (Lipinski definition) is 1. The van der Waals surface area contributed by atoms with Crippen LogP contribution in [0.5, 0.6) is 0 Å². The number of carbonyl (C=O) groups excluding carboxylic acids is 1. The Kier molecular flexibility index (Phi) is 5.49. The highest BCUT2D eigenvalue weighted by Gasteiger charge is 2.10. The Labute approximate surface area is 113 Å². The van der Waals surface area contributed by atoms with Crippen molar-refractivity contribution in [2.75, 3.05) is 6.54 Å². The molecule has 1 aromatic carbocycles. The van der Waals surface area contributed by atoms with Gasteiger partial charge in [0, 0.05) is 15.8 Å². The normalized spacial score (nSPS) is 12.2. The Hall–Kier alpha value is -0.350. The lowest BCUT2D eigenvalue weighted by atomic mass is 10.1.